The zero-order valence-corrected chi connectivity index (χ0v) is 20.5. The Bertz CT molecular complexity index is 1690. The van der Waals surface area contributed by atoms with Crippen LogP contribution in [0.25, 0.3) is 38.5 Å². The lowest BCUT2D eigenvalue weighted by Gasteiger charge is -2.10. The third-order valence-electron chi connectivity index (χ3n) is 5.70. The number of rotatable bonds is 7. The minimum Gasteiger partial charge on any atom is -0.496 e. The molecule has 4 heterocycles. The quantitative estimate of drug-likeness (QED) is 0.243. The minimum atomic E-state index is -3.03. The Morgan fingerprint density at radius 1 is 1.08 bits per heavy atom. The summed E-state index contributed by atoms with van der Waals surface area (Å²) in [6, 6.07) is 13.3. The predicted octanol–water partition coefficient (Wildman–Crippen LogP) is 6.36. The standard InChI is InChI=1S/C26H19F2N5O3S/c1-26(27,28)24-32-33-12-20(31-25(33)37-24)23-9-19-21(7-18(34-2)8-22(19)36-23)35-13-15-4-3-5-16(6-15)17-10-29-14-30-11-17/h3-12,14H,13H2,1-2H3. The molecule has 0 amide bonds. The third-order valence-corrected chi connectivity index (χ3v) is 6.79. The number of hydrogen-bond acceptors (Lipinski definition) is 8. The van der Waals surface area contributed by atoms with Gasteiger partial charge in [-0.05, 0) is 23.3 Å². The molecule has 6 aromatic rings. The summed E-state index contributed by atoms with van der Waals surface area (Å²) >= 11 is 0.838. The highest BCUT2D eigenvalue weighted by atomic mass is 32.1. The van der Waals surface area contributed by atoms with Gasteiger partial charge in [-0.15, -0.1) is 0 Å². The Kier molecular flexibility index (Phi) is 5.56. The van der Waals surface area contributed by atoms with Crippen molar-refractivity contribution in [2.45, 2.75) is 19.5 Å². The van der Waals surface area contributed by atoms with Crippen molar-refractivity contribution in [1.82, 2.24) is 24.6 Å². The van der Waals surface area contributed by atoms with E-state index in [9.17, 15) is 8.78 Å². The van der Waals surface area contributed by atoms with Crippen LogP contribution in [0.3, 0.4) is 0 Å². The second-order valence-corrected chi connectivity index (χ2v) is 9.37. The van der Waals surface area contributed by atoms with Gasteiger partial charge in [-0.2, -0.15) is 13.9 Å². The van der Waals surface area contributed by atoms with Crippen LogP contribution in [0.4, 0.5) is 8.78 Å². The molecule has 0 fully saturated rings. The first-order valence-corrected chi connectivity index (χ1v) is 12.0. The van der Waals surface area contributed by atoms with E-state index in [2.05, 4.69) is 20.1 Å². The van der Waals surface area contributed by atoms with Crippen molar-refractivity contribution in [3.63, 3.8) is 0 Å². The van der Waals surface area contributed by atoms with Gasteiger partial charge >= 0.3 is 0 Å². The molecule has 0 bridgehead atoms. The number of hydrogen-bond donors (Lipinski definition) is 0. The summed E-state index contributed by atoms with van der Waals surface area (Å²) in [6.45, 7) is 1.12. The van der Waals surface area contributed by atoms with Crippen molar-refractivity contribution < 1.29 is 22.7 Å². The molecule has 0 atom stereocenters. The highest BCUT2D eigenvalue weighted by Crippen LogP contribution is 2.38. The van der Waals surface area contributed by atoms with Crippen LogP contribution in [-0.4, -0.2) is 31.7 Å². The van der Waals surface area contributed by atoms with E-state index in [1.807, 2.05) is 30.3 Å². The maximum absolute atomic E-state index is 13.6. The van der Waals surface area contributed by atoms with Gasteiger partial charge in [-0.25, -0.2) is 19.5 Å². The number of benzene rings is 2. The number of methoxy groups -OCH3 is 1. The average molecular weight is 520 g/mol. The molecule has 0 aliphatic rings. The molecule has 186 valence electrons. The first kappa shape index (κ1) is 23.0. The number of ether oxygens (including phenoxy) is 2. The van der Waals surface area contributed by atoms with Crippen LogP contribution in [-0.2, 0) is 12.5 Å². The molecule has 0 saturated heterocycles. The first-order chi connectivity index (χ1) is 17.9. The fourth-order valence-corrected chi connectivity index (χ4v) is 4.70. The smallest absolute Gasteiger partial charge is 0.298 e. The van der Waals surface area contributed by atoms with E-state index < -0.39 is 5.92 Å². The van der Waals surface area contributed by atoms with E-state index in [4.69, 9.17) is 13.9 Å². The Hall–Kier alpha value is -4.38. The van der Waals surface area contributed by atoms with E-state index in [0.29, 0.717) is 40.1 Å². The summed E-state index contributed by atoms with van der Waals surface area (Å²) in [5, 5.41) is 4.38. The molecule has 0 spiro atoms. The molecule has 11 heteroatoms. The number of fused-ring (bicyclic) bond motifs is 2. The fraction of sp³-hybridized carbons (Fsp3) is 0.154. The maximum atomic E-state index is 13.6. The lowest BCUT2D eigenvalue weighted by molar-refractivity contribution is 0.0163. The summed E-state index contributed by atoms with van der Waals surface area (Å²) in [6.07, 6.45) is 6.58. The van der Waals surface area contributed by atoms with Crippen molar-refractivity contribution in [3.8, 4) is 34.1 Å². The topological polar surface area (TPSA) is 87.6 Å². The van der Waals surface area contributed by atoms with Crippen molar-refractivity contribution in [2.24, 2.45) is 0 Å². The summed E-state index contributed by atoms with van der Waals surface area (Å²) in [5.41, 5.74) is 3.88. The van der Waals surface area contributed by atoms with Crippen molar-refractivity contribution in [1.29, 1.82) is 0 Å². The zero-order chi connectivity index (χ0) is 25.6. The zero-order valence-electron chi connectivity index (χ0n) is 19.7. The van der Waals surface area contributed by atoms with Gasteiger partial charge in [-0.1, -0.05) is 29.5 Å². The van der Waals surface area contributed by atoms with E-state index >= 15 is 0 Å². The van der Waals surface area contributed by atoms with Gasteiger partial charge in [0.1, 0.15) is 35.7 Å². The summed E-state index contributed by atoms with van der Waals surface area (Å²) in [5.74, 6) is -1.42. The maximum Gasteiger partial charge on any atom is 0.298 e. The van der Waals surface area contributed by atoms with Gasteiger partial charge in [0.25, 0.3) is 5.92 Å². The van der Waals surface area contributed by atoms with Gasteiger partial charge in [0.05, 0.1) is 18.7 Å². The molecule has 37 heavy (non-hydrogen) atoms. The molecule has 6 rings (SSSR count). The number of alkyl halides is 2. The fourth-order valence-electron chi connectivity index (χ4n) is 3.89. The number of nitrogens with zero attached hydrogens (tertiary/aromatic N) is 5. The van der Waals surface area contributed by atoms with Crippen LogP contribution in [0.15, 0.2) is 71.8 Å². The number of imidazole rings is 1. The van der Waals surface area contributed by atoms with Crippen LogP contribution in [0.2, 0.25) is 0 Å². The second-order valence-electron chi connectivity index (χ2n) is 8.41. The number of aromatic nitrogens is 5. The van der Waals surface area contributed by atoms with Crippen molar-refractivity contribution >= 4 is 27.3 Å². The monoisotopic (exact) mass is 519 g/mol. The van der Waals surface area contributed by atoms with E-state index in [1.54, 1.807) is 37.8 Å². The van der Waals surface area contributed by atoms with Crippen LogP contribution in [0.1, 0.15) is 17.5 Å². The largest absolute Gasteiger partial charge is 0.496 e. The van der Waals surface area contributed by atoms with Crippen LogP contribution < -0.4 is 9.47 Å². The van der Waals surface area contributed by atoms with Crippen LogP contribution >= 0.6 is 11.3 Å². The van der Waals surface area contributed by atoms with Gasteiger partial charge < -0.3 is 13.9 Å². The molecular weight excluding hydrogens is 500 g/mol. The summed E-state index contributed by atoms with van der Waals surface area (Å²) < 4.78 is 46.2. The summed E-state index contributed by atoms with van der Waals surface area (Å²) in [7, 11) is 1.57. The predicted molar refractivity (Wildman–Crippen MR) is 134 cm³/mol. The Balaban J connectivity index is 1.31. The number of halogens is 2. The molecule has 2 aromatic carbocycles. The molecule has 0 aliphatic carbocycles. The lowest BCUT2D eigenvalue weighted by Crippen LogP contribution is -2.06. The van der Waals surface area contributed by atoms with E-state index in [1.165, 1.54) is 10.8 Å². The average Bonchev–Trinajstić information content (AvgIpc) is 3.61. The molecule has 0 radical (unpaired) electrons. The molecule has 8 nitrogen and oxygen atoms in total. The highest BCUT2D eigenvalue weighted by molar-refractivity contribution is 7.16. The van der Waals surface area contributed by atoms with Crippen LogP contribution in [0.5, 0.6) is 11.5 Å². The van der Waals surface area contributed by atoms with Crippen molar-refractivity contribution in [3.05, 3.63) is 78.0 Å². The lowest BCUT2D eigenvalue weighted by atomic mass is 10.1. The molecular formula is C26H19F2N5O3S. The van der Waals surface area contributed by atoms with Gasteiger partial charge in [-0.3, -0.25) is 0 Å². The third kappa shape index (κ3) is 4.49. The Morgan fingerprint density at radius 3 is 2.68 bits per heavy atom. The highest BCUT2D eigenvalue weighted by Gasteiger charge is 2.30. The van der Waals surface area contributed by atoms with Gasteiger partial charge in [0.15, 0.2) is 10.8 Å². The molecule has 0 N–H and O–H groups in total. The normalized spacial score (nSPS) is 11.9. The number of furan rings is 1. The molecule has 0 aliphatic heterocycles. The first-order valence-electron chi connectivity index (χ1n) is 11.2. The minimum absolute atomic E-state index is 0.296. The van der Waals surface area contributed by atoms with Gasteiger partial charge in [0.2, 0.25) is 4.96 Å². The SMILES string of the molecule is COc1cc(OCc2cccc(-c3cncnc3)c2)c2cc(-c3cn4nc(C(C)(F)F)sc4n3)oc2c1. The van der Waals surface area contributed by atoms with Crippen LogP contribution in [0, 0.1) is 0 Å². The second kappa shape index (κ2) is 8.93. The molecule has 0 saturated carbocycles. The summed E-state index contributed by atoms with van der Waals surface area (Å²) in [4.78, 5) is 12.9. The molecule has 4 aromatic heterocycles. The van der Waals surface area contributed by atoms with Crippen molar-refractivity contribution in [2.75, 3.05) is 7.11 Å². The molecule has 0 unspecified atom stereocenters. The van der Waals surface area contributed by atoms with E-state index in [0.717, 1.165) is 40.3 Å². The van der Waals surface area contributed by atoms with E-state index in [-0.39, 0.29) is 5.01 Å². The Labute approximate surface area is 213 Å². The Morgan fingerprint density at radius 2 is 1.92 bits per heavy atom. The van der Waals surface area contributed by atoms with Gasteiger partial charge in [0, 0.05) is 37.0 Å².